The van der Waals surface area contributed by atoms with Crippen molar-refractivity contribution in [3.05, 3.63) is 159 Å². The van der Waals surface area contributed by atoms with Crippen LogP contribution in [-0.4, -0.2) is 60.5 Å². The van der Waals surface area contributed by atoms with E-state index in [1.807, 2.05) is 66.7 Å². The number of phenols is 1. The SMILES string of the molecule is COc1ccc(-c2ccc(COc3cccc([C@@H](NC(=O)O[C@H]4CN5CCC4CC5)c4ccccc4)c3)cc2)cc1CNC[C@H](C)c1ccc(O)c2[nH]c(=O)ccc12. The second-order valence-electron chi connectivity index (χ2n) is 15.5. The minimum Gasteiger partial charge on any atom is -0.506 e. The molecule has 10 heteroatoms. The number of ether oxygens (including phenoxy) is 3. The van der Waals surface area contributed by atoms with Gasteiger partial charge in [-0.25, -0.2) is 4.79 Å². The summed E-state index contributed by atoms with van der Waals surface area (Å²) in [7, 11) is 1.68. The zero-order valence-corrected chi connectivity index (χ0v) is 32.9. The first-order chi connectivity index (χ1) is 28.3. The third kappa shape index (κ3) is 8.88. The fraction of sp³-hybridized carbons (Fsp3) is 0.292. The average molecular weight is 779 g/mol. The fourth-order valence-electron chi connectivity index (χ4n) is 8.40. The van der Waals surface area contributed by atoms with E-state index in [0.717, 1.165) is 82.6 Å². The molecule has 1 aromatic heterocycles. The Morgan fingerprint density at radius 3 is 2.41 bits per heavy atom. The highest BCUT2D eigenvalue weighted by Gasteiger charge is 2.37. The average Bonchev–Trinajstić information content (AvgIpc) is 3.26. The number of carbonyl (C=O) groups excluding carboxylic acids is 1. The zero-order chi connectivity index (χ0) is 40.0. The summed E-state index contributed by atoms with van der Waals surface area (Å²) in [5, 5.41) is 17.9. The van der Waals surface area contributed by atoms with Crippen molar-refractivity contribution in [3.63, 3.8) is 0 Å². The molecule has 0 saturated carbocycles. The molecule has 5 aromatic carbocycles. The van der Waals surface area contributed by atoms with E-state index in [1.165, 1.54) is 6.07 Å². The van der Waals surface area contributed by atoms with Crippen LogP contribution in [0, 0.1) is 5.92 Å². The lowest BCUT2D eigenvalue weighted by Crippen LogP contribution is -2.52. The van der Waals surface area contributed by atoms with Gasteiger partial charge in [0.05, 0.1) is 18.7 Å². The van der Waals surface area contributed by atoms with Gasteiger partial charge in [-0.3, -0.25) is 9.69 Å². The first-order valence-electron chi connectivity index (χ1n) is 20.1. The molecule has 3 atom stereocenters. The smallest absolute Gasteiger partial charge is 0.408 e. The molecule has 4 heterocycles. The molecule has 3 saturated heterocycles. The number of phenolic OH excluding ortho intramolecular Hbond substituents is 1. The summed E-state index contributed by atoms with van der Waals surface area (Å²) in [5.41, 5.74) is 7.35. The first kappa shape index (κ1) is 38.8. The fourth-order valence-corrected chi connectivity index (χ4v) is 8.40. The minimum atomic E-state index is -0.395. The molecule has 10 nitrogen and oxygen atoms in total. The van der Waals surface area contributed by atoms with Crippen molar-refractivity contribution in [3.8, 4) is 28.4 Å². The highest BCUT2D eigenvalue weighted by molar-refractivity contribution is 5.87. The molecule has 9 rings (SSSR count). The van der Waals surface area contributed by atoms with E-state index in [-0.39, 0.29) is 23.3 Å². The number of aromatic nitrogens is 1. The molecule has 1 amide bonds. The van der Waals surface area contributed by atoms with E-state index in [1.54, 1.807) is 19.2 Å². The molecule has 0 spiro atoms. The molecule has 0 aliphatic carbocycles. The number of fused-ring (bicyclic) bond motifs is 4. The zero-order valence-electron chi connectivity index (χ0n) is 32.9. The summed E-state index contributed by atoms with van der Waals surface area (Å²) >= 11 is 0. The molecule has 0 unspecified atom stereocenters. The summed E-state index contributed by atoms with van der Waals surface area (Å²) in [6.45, 7) is 6.78. The number of rotatable bonds is 14. The summed E-state index contributed by atoms with van der Waals surface area (Å²) in [4.78, 5) is 30.3. The first-order valence-corrected chi connectivity index (χ1v) is 20.1. The third-order valence-electron chi connectivity index (χ3n) is 11.6. The number of H-pyrrole nitrogens is 1. The Morgan fingerprint density at radius 1 is 0.879 bits per heavy atom. The van der Waals surface area contributed by atoms with Crippen LogP contribution in [-0.2, 0) is 17.9 Å². The van der Waals surface area contributed by atoms with Gasteiger partial charge in [0, 0.05) is 36.7 Å². The van der Waals surface area contributed by atoms with Crippen molar-refractivity contribution in [2.24, 2.45) is 5.92 Å². The second kappa shape index (κ2) is 17.6. The molecule has 3 fully saturated rings. The number of benzene rings is 5. The van der Waals surface area contributed by atoms with Crippen LogP contribution in [0.1, 0.15) is 59.5 Å². The van der Waals surface area contributed by atoms with Crippen LogP contribution >= 0.6 is 0 Å². The lowest BCUT2D eigenvalue weighted by atomic mass is 9.86. The van der Waals surface area contributed by atoms with Crippen LogP contribution in [0.3, 0.4) is 0 Å². The van der Waals surface area contributed by atoms with Crippen LogP contribution in [0.15, 0.2) is 126 Å². The number of hydrogen-bond acceptors (Lipinski definition) is 8. The van der Waals surface area contributed by atoms with Crippen LogP contribution in [0.25, 0.3) is 22.0 Å². The van der Waals surface area contributed by atoms with Crippen molar-refractivity contribution in [2.45, 2.75) is 51.0 Å². The minimum absolute atomic E-state index is 0.0602. The second-order valence-corrected chi connectivity index (χ2v) is 15.5. The van der Waals surface area contributed by atoms with Gasteiger partial charge in [0.2, 0.25) is 5.56 Å². The van der Waals surface area contributed by atoms with Gasteiger partial charge in [-0.2, -0.15) is 0 Å². The Morgan fingerprint density at radius 2 is 1.66 bits per heavy atom. The predicted octanol–water partition coefficient (Wildman–Crippen LogP) is 8.29. The van der Waals surface area contributed by atoms with Gasteiger partial charge in [0.25, 0.3) is 0 Å². The van der Waals surface area contributed by atoms with Gasteiger partial charge < -0.3 is 34.9 Å². The van der Waals surface area contributed by atoms with Crippen molar-refractivity contribution >= 4 is 17.0 Å². The van der Waals surface area contributed by atoms with Crippen LogP contribution in [0.2, 0.25) is 0 Å². The third-order valence-corrected chi connectivity index (χ3v) is 11.6. The number of alkyl carbamates (subject to hydrolysis) is 1. The highest BCUT2D eigenvalue weighted by atomic mass is 16.6. The van der Waals surface area contributed by atoms with Gasteiger partial charge in [-0.15, -0.1) is 0 Å². The number of hydrogen-bond donors (Lipinski definition) is 4. The number of pyridine rings is 1. The predicted molar refractivity (Wildman–Crippen MR) is 226 cm³/mol. The monoisotopic (exact) mass is 778 g/mol. The summed E-state index contributed by atoms with van der Waals surface area (Å²) in [6.07, 6.45) is 1.70. The van der Waals surface area contributed by atoms with E-state index < -0.39 is 12.1 Å². The number of methoxy groups -OCH3 is 1. The van der Waals surface area contributed by atoms with E-state index in [9.17, 15) is 14.7 Å². The molecule has 6 aromatic rings. The maximum Gasteiger partial charge on any atom is 0.408 e. The number of nitrogens with one attached hydrogen (secondary N) is 3. The number of nitrogens with zero attached hydrogens (tertiary/aromatic N) is 1. The summed E-state index contributed by atoms with van der Waals surface area (Å²) in [6, 6.07) is 38.8. The topological polar surface area (TPSA) is 125 Å². The molecule has 58 heavy (non-hydrogen) atoms. The normalized spacial score (nSPS) is 18.3. The van der Waals surface area contributed by atoms with Crippen LogP contribution < -0.4 is 25.7 Å². The van der Waals surface area contributed by atoms with E-state index in [4.69, 9.17) is 14.2 Å². The van der Waals surface area contributed by atoms with E-state index in [2.05, 4.69) is 63.8 Å². The Balaban J connectivity index is 0.896. The number of amides is 1. The Kier molecular flexibility index (Phi) is 11.8. The summed E-state index contributed by atoms with van der Waals surface area (Å²) < 4.78 is 18.0. The number of carbonyl (C=O) groups is 1. The largest absolute Gasteiger partial charge is 0.506 e. The van der Waals surface area contributed by atoms with Crippen LogP contribution in [0.5, 0.6) is 17.2 Å². The molecule has 0 radical (unpaired) electrons. The Hall–Kier alpha value is -6.10. The van der Waals surface area contributed by atoms with E-state index >= 15 is 0 Å². The quantitative estimate of drug-likeness (QED) is 0.0871. The molecule has 2 bridgehead atoms. The van der Waals surface area contributed by atoms with Gasteiger partial charge in [-0.1, -0.05) is 85.8 Å². The van der Waals surface area contributed by atoms with Crippen molar-refractivity contribution in [1.82, 2.24) is 20.5 Å². The summed E-state index contributed by atoms with van der Waals surface area (Å²) in [5.74, 6) is 2.13. The van der Waals surface area contributed by atoms with Gasteiger partial charge in [-0.05, 0) is 108 Å². The molecule has 3 aliphatic heterocycles. The Labute approximate surface area is 338 Å². The van der Waals surface area contributed by atoms with Crippen molar-refractivity contribution in [2.75, 3.05) is 33.3 Å². The molecular formula is C48H50N4O6. The molecule has 3 aliphatic rings. The Bertz CT molecular complexity index is 2410. The lowest BCUT2D eigenvalue weighted by Gasteiger charge is -2.43. The standard InChI is InChI=1S/C48H50N4O6/c1-31(40-16-18-42(53)47-41(40)17-20-45(54)50-47)27-49-28-38-25-36(15-19-43(38)56-2)33-13-11-32(12-14-33)30-57-39-10-6-9-37(26-39)46(35-7-4-3-5-8-35)51-48(55)58-44-29-52-23-21-34(44)22-24-52/h3-20,25-26,31,34,44,46,49,53H,21-24,27-30H2,1-2H3,(H,50,54)(H,51,55)/t31-,44-,46-/m0/s1. The number of aromatic amines is 1. The number of piperidine rings is 3. The molecule has 298 valence electrons. The molecule has 4 N–H and O–H groups in total. The van der Waals surface area contributed by atoms with Crippen LogP contribution in [0.4, 0.5) is 4.79 Å². The van der Waals surface area contributed by atoms with Crippen molar-refractivity contribution < 1.29 is 24.1 Å². The van der Waals surface area contributed by atoms with Gasteiger partial charge in [0.15, 0.2) is 0 Å². The van der Waals surface area contributed by atoms with Crippen molar-refractivity contribution in [1.29, 1.82) is 0 Å². The van der Waals surface area contributed by atoms with Gasteiger partial charge >= 0.3 is 6.09 Å². The van der Waals surface area contributed by atoms with E-state index in [0.29, 0.717) is 36.9 Å². The van der Waals surface area contributed by atoms with Gasteiger partial charge in [0.1, 0.15) is 30.0 Å². The lowest BCUT2D eigenvalue weighted by molar-refractivity contribution is -0.0336. The maximum atomic E-state index is 13.3. The highest BCUT2D eigenvalue weighted by Crippen LogP contribution is 2.33. The number of aromatic hydroxyl groups is 1. The maximum absolute atomic E-state index is 13.3. The molecular weight excluding hydrogens is 729 g/mol.